The average Bonchev–Trinajstić information content (AvgIpc) is 2.68. The highest BCUT2D eigenvalue weighted by Crippen LogP contribution is 2.20. The van der Waals surface area contributed by atoms with Crippen LogP contribution in [0.3, 0.4) is 0 Å². The number of hydrogen-bond donors (Lipinski definition) is 1. The molecule has 100 valence electrons. The smallest absolute Gasteiger partial charge is 0.152 e. The lowest BCUT2D eigenvalue weighted by molar-refractivity contribution is 0.317. The van der Waals surface area contributed by atoms with Crippen LogP contribution in [-0.2, 0) is 9.84 Å². The molecule has 0 radical (unpaired) electrons. The molecule has 1 atom stereocenters. The molecule has 0 aliphatic carbocycles. The van der Waals surface area contributed by atoms with Gasteiger partial charge in [-0.25, -0.2) is 8.42 Å². The summed E-state index contributed by atoms with van der Waals surface area (Å²) >= 11 is 0. The molecule has 1 N–H and O–H groups in total. The van der Waals surface area contributed by atoms with Crippen molar-refractivity contribution in [2.24, 2.45) is 0 Å². The van der Waals surface area contributed by atoms with Crippen LogP contribution in [0.4, 0.5) is 5.69 Å². The number of anilines is 1. The van der Waals surface area contributed by atoms with Gasteiger partial charge in [-0.15, -0.1) is 0 Å². The zero-order valence-corrected chi connectivity index (χ0v) is 11.4. The van der Waals surface area contributed by atoms with Crippen molar-refractivity contribution in [3.63, 3.8) is 0 Å². The molecule has 1 aromatic carbocycles. The Balaban J connectivity index is 1.90. The van der Waals surface area contributed by atoms with Gasteiger partial charge in [-0.05, 0) is 37.1 Å². The number of ether oxygens (including phenoxy) is 1. The molecule has 1 aliphatic rings. The van der Waals surface area contributed by atoms with Crippen LogP contribution in [0.1, 0.15) is 19.8 Å². The Bertz CT molecular complexity index is 481. The molecule has 1 saturated heterocycles. The summed E-state index contributed by atoms with van der Waals surface area (Å²) in [5.74, 6) is 1.38. The van der Waals surface area contributed by atoms with E-state index < -0.39 is 9.84 Å². The minimum atomic E-state index is -2.82. The second-order valence-corrected chi connectivity index (χ2v) is 6.85. The predicted octanol–water partition coefficient (Wildman–Crippen LogP) is 2.07. The summed E-state index contributed by atoms with van der Waals surface area (Å²) in [7, 11) is -2.82. The first kappa shape index (κ1) is 13.2. The SMILES string of the molecule is CCCOc1ccc(NC2CCS(=O)(=O)C2)cc1. The third kappa shape index (κ3) is 3.63. The summed E-state index contributed by atoms with van der Waals surface area (Å²) in [5.41, 5.74) is 0.945. The fraction of sp³-hybridized carbons (Fsp3) is 0.538. The molecule has 2 rings (SSSR count). The summed E-state index contributed by atoms with van der Waals surface area (Å²) in [6.07, 6.45) is 1.68. The van der Waals surface area contributed by atoms with Crippen LogP contribution < -0.4 is 10.1 Å². The van der Waals surface area contributed by atoms with Gasteiger partial charge in [0.25, 0.3) is 0 Å². The van der Waals surface area contributed by atoms with Crippen molar-refractivity contribution in [3.8, 4) is 5.75 Å². The maximum absolute atomic E-state index is 11.3. The molecule has 0 amide bonds. The number of hydrogen-bond acceptors (Lipinski definition) is 4. The van der Waals surface area contributed by atoms with Crippen molar-refractivity contribution in [2.75, 3.05) is 23.4 Å². The molecule has 5 heteroatoms. The van der Waals surface area contributed by atoms with Gasteiger partial charge in [0, 0.05) is 11.7 Å². The quantitative estimate of drug-likeness (QED) is 0.889. The molecule has 1 heterocycles. The minimum Gasteiger partial charge on any atom is -0.494 e. The van der Waals surface area contributed by atoms with Crippen LogP contribution in [0.2, 0.25) is 0 Å². The van der Waals surface area contributed by atoms with E-state index in [1.165, 1.54) is 0 Å². The zero-order chi connectivity index (χ0) is 13.0. The van der Waals surface area contributed by atoms with Gasteiger partial charge < -0.3 is 10.1 Å². The largest absolute Gasteiger partial charge is 0.494 e. The Kier molecular flexibility index (Phi) is 4.11. The van der Waals surface area contributed by atoms with E-state index >= 15 is 0 Å². The molecule has 0 spiro atoms. The summed E-state index contributed by atoms with van der Waals surface area (Å²) < 4.78 is 28.2. The van der Waals surface area contributed by atoms with Gasteiger partial charge in [0.15, 0.2) is 9.84 Å². The van der Waals surface area contributed by atoms with E-state index in [1.54, 1.807) is 0 Å². The van der Waals surface area contributed by atoms with E-state index in [1.807, 2.05) is 24.3 Å². The molecule has 1 aliphatic heterocycles. The molecular formula is C13H19NO3S. The van der Waals surface area contributed by atoms with E-state index in [0.717, 1.165) is 17.9 Å². The Morgan fingerprint density at radius 3 is 2.61 bits per heavy atom. The number of sulfone groups is 1. The Morgan fingerprint density at radius 1 is 1.33 bits per heavy atom. The van der Waals surface area contributed by atoms with E-state index in [-0.39, 0.29) is 11.8 Å². The summed E-state index contributed by atoms with van der Waals surface area (Å²) in [6, 6.07) is 7.70. The third-order valence-corrected chi connectivity index (χ3v) is 4.70. The van der Waals surface area contributed by atoms with Gasteiger partial charge >= 0.3 is 0 Å². The van der Waals surface area contributed by atoms with Crippen molar-refractivity contribution in [2.45, 2.75) is 25.8 Å². The lowest BCUT2D eigenvalue weighted by Gasteiger charge is -2.13. The first-order valence-electron chi connectivity index (χ1n) is 6.29. The minimum absolute atomic E-state index is 0.0393. The molecule has 1 fully saturated rings. The second-order valence-electron chi connectivity index (χ2n) is 4.62. The average molecular weight is 269 g/mol. The van der Waals surface area contributed by atoms with Gasteiger partial charge in [0.05, 0.1) is 18.1 Å². The summed E-state index contributed by atoms with van der Waals surface area (Å²) in [5, 5.41) is 3.25. The van der Waals surface area contributed by atoms with E-state index in [2.05, 4.69) is 12.2 Å². The van der Waals surface area contributed by atoms with Crippen molar-refractivity contribution < 1.29 is 13.2 Å². The van der Waals surface area contributed by atoms with Gasteiger partial charge in [0.1, 0.15) is 5.75 Å². The summed E-state index contributed by atoms with van der Waals surface area (Å²) in [4.78, 5) is 0. The molecule has 18 heavy (non-hydrogen) atoms. The van der Waals surface area contributed by atoms with E-state index in [0.29, 0.717) is 18.8 Å². The lowest BCUT2D eigenvalue weighted by atomic mass is 10.2. The maximum Gasteiger partial charge on any atom is 0.152 e. The van der Waals surface area contributed by atoms with Crippen LogP contribution in [0.5, 0.6) is 5.75 Å². The fourth-order valence-electron chi connectivity index (χ4n) is 2.01. The molecule has 4 nitrogen and oxygen atoms in total. The van der Waals surface area contributed by atoms with E-state index in [4.69, 9.17) is 4.74 Å². The Morgan fingerprint density at radius 2 is 2.06 bits per heavy atom. The molecule has 0 saturated carbocycles. The highest BCUT2D eigenvalue weighted by Gasteiger charge is 2.27. The molecule has 1 unspecified atom stereocenters. The fourth-order valence-corrected chi connectivity index (χ4v) is 3.69. The van der Waals surface area contributed by atoms with Crippen molar-refractivity contribution in [1.29, 1.82) is 0 Å². The van der Waals surface area contributed by atoms with Crippen LogP contribution in [0.25, 0.3) is 0 Å². The van der Waals surface area contributed by atoms with Crippen molar-refractivity contribution in [3.05, 3.63) is 24.3 Å². The van der Waals surface area contributed by atoms with Gasteiger partial charge in [0.2, 0.25) is 0 Å². The maximum atomic E-state index is 11.3. The van der Waals surface area contributed by atoms with Crippen molar-refractivity contribution in [1.82, 2.24) is 0 Å². The van der Waals surface area contributed by atoms with Gasteiger partial charge in [-0.3, -0.25) is 0 Å². The predicted molar refractivity (Wildman–Crippen MR) is 72.9 cm³/mol. The first-order valence-corrected chi connectivity index (χ1v) is 8.11. The van der Waals surface area contributed by atoms with Crippen LogP contribution in [-0.4, -0.2) is 32.6 Å². The molecule has 0 aromatic heterocycles. The van der Waals surface area contributed by atoms with Gasteiger partial charge in [-0.1, -0.05) is 6.92 Å². The highest BCUT2D eigenvalue weighted by atomic mass is 32.2. The molecular weight excluding hydrogens is 250 g/mol. The Hall–Kier alpha value is -1.23. The molecule has 1 aromatic rings. The third-order valence-electron chi connectivity index (χ3n) is 2.93. The number of rotatable bonds is 5. The van der Waals surface area contributed by atoms with Crippen LogP contribution >= 0.6 is 0 Å². The van der Waals surface area contributed by atoms with Gasteiger partial charge in [-0.2, -0.15) is 0 Å². The topological polar surface area (TPSA) is 55.4 Å². The van der Waals surface area contributed by atoms with Crippen molar-refractivity contribution >= 4 is 15.5 Å². The highest BCUT2D eigenvalue weighted by molar-refractivity contribution is 7.91. The zero-order valence-electron chi connectivity index (χ0n) is 10.6. The Labute approximate surface area is 108 Å². The first-order chi connectivity index (χ1) is 8.59. The second kappa shape index (κ2) is 5.61. The molecule has 0 bridgehead atoms. The number of benzene rings is 1. The standard InChI is InChI=1S/C13H19NO3S/c1-2-8-17-13-5-3-11(4-6-13)14-12-7-9-18(15,16)10-12/h3-6,12,14H,2,7-10H2,1H3. The van der Waals surface area contributed by atoms with Crippen LogP contribution in [0, 0.1) is 0 Å². The lowest BCUT2D eigenvalue weighted by Crippen LogP contribution is -2.20. The normalized spacial score (nSPS) is 21.7. The summed E-state index contributed by atoms with van der Waals surface area (Å²) in [6.45, 7) is 2.78. The number of nitrogens with one attached hydrogen (secondary N) is 1. The van der Waals surface area contributed by atoms with Crippen LogP contribution in [0.15, 0.2) is 24.3 Å². The monoisotopic (exact) mass is 269 g/mol. The van der Waals surface area contributed by atoms with E-state index in [9.17, 15) is 8.42 Å².